The number of nitrogens with zero attached hydrogens (tertiary/aromatic N) is 2. The number of aryl methyl sites for hydroxylation is 1. The number of hydrogen-bond acceptors (Lipinski definition) is 2. The molecule has 3 rings (SSSR count). The average Bonchev–Trinajstić information content (AvgIpc) is 2.84. The van der Waals surface area contributed by atoms with Crippen LogP contribution in [-0.2, 0) is 6.54 Å². The van der Waals surface area contributed by atoms with Crippen LogP contribution in [0.3, 0.4) is 0 Å². The van der Waals surface area contributed by atoms with Gasteiger partial charge in [0.1, 0.15) is 0 Å². The van der Waals surface area contributed by atoms with Gasteiger partial charge in [0.15, 0.2) is 0 Å². The summed E-state index contributed by atoms with van der Waals surface area (Å²) >= 11 is 0. The monoisotopic (exact) mass is 199 g/mol. The molecule has 0 radical (unpaired) electrons. The van der Waals surface area contributed by atoms with Crippen molar-refractivity contribution in [3.63, 3.8) is 0 Å². The Morgan fingerprint density at radius 3 is 2.87 bits per heavy atom. The van der Waals surface area contributed by atoms with E-state index in [1.807, 2.05) is 24.5 Å². The van der Waals surface area contributed by atoms with E-state index in [2.05, 4.69) is 21.7 Å². The highest BCUT2D eigenvalue weighted by Gasteiger charge is 2.24. The van der Waals surface area contributed by atoms with Gasteiger partial charge in [0.05, 0.1) is 17.7 Å². The van der Waals surface area contributed by atoms with Crippen LogP contribution in [0.1, 0.15) is 18.2 Å². The van der Waals surface area contributed by atoms with Crippen LogP contribution in [-0.4, -0.2) is 9.55 Å². The lowest BCUT2D eigenvalue weighted by molar-refractivity contribution is 0.679. The molecule has 1 atom stereocenters. The predicted octanol–water partition coefficient (Wildman–Crippen LogP) is 1.95. The van der Waals surface area contributed by atoms with E-state index in [1.54, 1.807) is 0 Å². The van der Waals surface area contributed by atoms with E-state index in [9.17, 15) is 0 Å². The largest absolute Gasteiger partial charge is 0.333 e. The molecule has 15 heavy (non-hydrogen) atoms. The topological polar surface area (TPSA) is 43.8 Å². The molecular weight excluding hydrogens is 186 g/mol. The van der Waals surface area contributed by atoms with E-state index in [4.69, 9.17) is 5.73 Å². The van der Waals surface area contributed by atoms with Gasteiger partial charge in [-0.2, -0.15) is 0 Å². The highest BCUT2D eigenvalue weighted by molar-refractivity contribution is 5.62. The number of imidazole rings is 1. The summed E-state index contributed by atoms with van der Waals surface area (Å²) in [5, 5.41) is 0. The lowest BCUT2D eigenvalue weighted by Gasteiger charge is -2.05. The van der Waals surface area contributed by atoms with Gasteiger partial charge in [-0.25, -0.2) is 4.98 Å². The van der Waals surface area contributed by atoms with Crippen molar-refractivity contribution in [1.82, 2.24) is 9.55 Å². The molecule has 2 heterocycles. The first-order valence-corrected chi connectivity index (χ1v) is 5.22. The molecule has 0 amide bonds. The maximum atomic E-state index is 6.07. The summed E-state index contributed by atoms with van der Waals surface area (Å²) in [6, 6.07) is 10.4. The molecule has 76 valence electrons. The average molecular weight is 199 g/mol. The smallest absolute Gasteiger partial charge is 0.0956 e. The van der Waals surface area contributed by atoms with Crippen LogP contribution in [0.25, 0.3) is 11.3 Å². The fourth-order valence-corrected chi connectivity index (χ4v) is 2.19. The van der Waals surface area contributed by atoms with Crippen LogP contribution >= 0.6 is 0 Å². The van der Waals surface area contributed by atoms with Crippen LogP contribution in [0.5, 0.6) is 0 Å². The molecule has 1 aliphatic heterocycles. The number of nitrogens with two attached hydrogens (primary N) is 1. The van der Waals surface area contributed by atoms with Gasteiger partial charge in [-0.3, -0.25) is 0 Å². The Hall–Kier alpha value is -1.61. The summed E-state index contributed by atoms with van der Waals surface area (Å²) in [7, 11) is 0. The second-order valence-corrected chi connectivity index (χ2v) is 3.93. The molecule has 1 aromatic heterocycles. The van der Waals surface area contributed by atoms with Crippen LogP contribution in [0.4, 0.5) is 0 Å². The van der Waals surface area contributed by atoms with Crippen LogP contribution in [0.2, 0.25) is 0 Å². The molecule has 2 aromatic rings. The summed E-state index contributed by atoms with van der Waals surface area (Å²) in [5.74, 6) is 0. The second kappa shape index (κ2) is 3.21. The first kappa shape index (κ1) is 8.68. The fraction of sp³-hybridized carbons (Fsp3) is 0.250. The van der Waals surface area contributed by atoms with Gasteiger partial charge < -0.3 is 10.3 Å². The Balaban J connectivity index is 2.15. The van der Waals surface area contributed by atoms with E-state index < -0.39 is 0 Å². The number of benzene rings is 1. The van der Waals surface area contributed by atoms with E-state index in [0.29, 0.717) is 0 Å². The summed E-state index contributed by atoms with van der Waals surface area (Å²) in [4.78, 5) is 4.44. The zero-order valence-corrected chi connectivity index (χ0v) is 8.43. The van der Waals surface area contributed by atoms with Gasteiger partial charge in [0.25, 0.3) is 0 Å². The Bertz CT molecular complexity index is 473. The normalized spacial score (nSPS) is 19.1. The molecular formula is C12H13N3. The first-order chi connectivity index (χ1) is 7.36. The minimum Gasteiger partial charge on any atom is -0.333 e. The molecule has 3 nitrogen and oxygen atoms in total. The third kappa shape index (κ3) is 1.27. The molecule has 0 fully saturated rings. The Morgan fingerprint density at radius 1 is 1.27 bits per heavy atom. The van der Waals surface area contributed by atoms with E-state index >= 15 is 0 Å². The van der Waals surface area contributed by atoms with E-state index in [1.165, 1.54) is 5.69 Å². The van der Waals surface area contributed by atoms with Crippen LogP contribution in [0.15, 0.2) is 36.7 Å². The molecule has 0 saturated carbocycles. The Morgan fingerprint density at radius 2 is 2.07 bits per heavy atom. The standard InChI is InChI=1S/C12H13N3/c13-10-6-7-15-8-14-11(12(10)15)9-4-2-1-3-5-9/h1-5,8,10H,6-7,13H2. The SMILES string of the molecule is NC1CCn2cnc(-c3ccccc3)c21. The molecule has 1 aliphatic rings. The van der Waals surface area contributed by atoms with Gasteiger partial charge in [-0.15, -0.1) is 0 Å². The first-order valence-electron chi connectivity index (χ1n) is 5.22. The number of fused-ring (bicyclic) bond motifs is 1. The van der Waals surface area contributed by atoms with Crippen molar-refractivity contribution in [1.29, 1.82) is 0 Å². The van der Waals surface area contributed by atoms with Crippen molar-refractivity contribution in [2.45, 2.75) is 19.0 Å². The summed E-state index contributed by atoms with van der Waals surface area (Å²) in [6.45, 7) is 0.996. The maximum Gasteiger partial charge on any atom is 0.0956 e. The third-order valence-electron chi connectivity index (χ3n) is 2.96. The number of hydrogen-bond donors (Lipinski definition) is 1. The third-order valence-corrected chi connectivity index (χ3v) is 2.96. The van der Waals surface area contributed by atoms with Crippen molar-refractivity contribution >= 4 is 0 Å². The highest BCUT2D eigenvalue weighted by Crippen LogP contribution is 2.32. The van der Waals surface area contributed by atoms with Gasteiger partial charge in [-0.05, 0) is 6.42 Å². The zero-order chi connectivity index (χ0) is 10.3. The summed E-state index contributed by atoms with van der Waals surface area (Å²) < 4.78 is 2.16. The lowest BCUT2D eigenvalue weighted by atomic mass is 10.1. The predicted molar refractivity (Wildman–Crippen MR) is 59.2 cm³/mol. The Labute approximate surface area is 88.6 Å². The molecule has 1 unspecified atom stereocenters. The lowest BCUT2D eigenvalue weighted by Crippen LogP contribution is -2.06. The summed E-state index contributed by atoms with van der Waals surface area (Å²) in [5.41, 5.74) is 9.45. The van der Waals surface area contributed by atoms with Crippen molar-refractivity contribution in [2.75, 3.05) is 0 Å². The van der Waals surface area contributed by atoms with Gasteiger partial charge in [0.2, 0.25) is 0 Å². The van der Waals surface area contributed by atoms with Crippen LogP contribution < -0.4 is 5.73 Å². The quantitative estimate of drug-likeness (QED) is 0.763. The molecule has 0 saturated heterocycles. The molecule has 0 aliphatic carbocycles. The number of rotatable bonds is 1. The highest BCUT2D eigenvalue weighted by atomic mass is 15.1. The molecule has 0 bridgehead atoms. The minimum absolute atomic E-state index is 0.141. The Kier molecular flexibility index (Phi) is 1.86. The number of aromatic nitrogens is 2. The van der Waals surface area contributed by atoms with Gasteiger partial charge >= 0.3 is 0 Å². The van der Waals surface area contributed by atoms with Crippen molar-refractivity contribution < 1.29 is 0 Å². The minimum atomic E-state index is 0.141. The van der Waals surface area contributed by atoms with E-state index in [0.717, 1.165) is 24.2 Å². The fourth-order valence-electron chi connectivity index (χ4n) is 2.19. The molecule has 2 N–H and O–H groups in total. The van der Waals surface area contributed by atoms with Crippen LogP contribution in [0, 0.1) is 0 Å². The van der Waals surface area contributed by atoms with Gasteiger partial charge in [-0.1, -0.05) is 30.3 Å². The van der Waals surface area contributed by atoms with Crippen molar-refractivity contribution in [3.8, 4) is 11.3 Å². The van der Waals surface area contributed by atoms with Crippen molar-refractivity contribution in [2.24, 2.45) is 5.73 Å². The molecule has 1 aromatic carbocycles. The van der Waals surface area contributed by atoms with Gasteiger partial charge in [0, 0.05) is 18.2 Å². The van der Waals surface area contributed by atoms with E-state index in [-0.39, 0.29) is 6.04 Å². The zero-order valence-electron chi connectivity index (χ0n) is 8.43. The van der Waals surface area contributed by atoms with Crippen molar-refractivity contribution in [3.05, 3.63) is 42.4 Å². The molecule has 3 heteroatoms. The maximum absolute atomic E-state index is 6.07. The second-order valence-electron chi connectivity index (χ2n) is 3.93. The summed E-state index contributed by atoms with van der Waals surface area (Å²) in [6.07, 6.45) is 2.92. The molecule has 0 spiro atoms.